The lowest BCUT2D eigenvalue weighted by Gasteiger charge is -2.34. The highest BCUT2D eigenvalue weighted by molar-refractivity contribution is 9.11. The highest BCUT2D eigenvalue weighted by atomic mass is 79.9. The predicted molar refractivity (Wildman–Crippen MR) is 105 cm³/mol. The highest BCUT2D eigenvalue weighted by Gasteiger charge is 2.32. The van der Waals surface area contributed by atoms with Crippen LogP contribution in [0.3, 0.4) is 0 Å². The largest absolute Gasteiger partial charge is 0.496 e. The molecule has 26 heavy (non-hydrogen) atoms. The van der Waals surface area contributed by atoms with E-state index in [1.54, 1.807) is 35.2 Å². The van der Waals surface area contributed by atoms with E-state index in [1.807, 2.05) is 0 Å². The molecule has 2 heterocycles. The van der Waals surface area contributed by atoms with Gasteiger partial charge in [-0.1, -0.05) is 11.6 Å². The zero-order valence-electron chi connectivity index (χ0n) is 13.8. The molecule has 0 spiro atoms. The number of ether oxygens (including phenoxy) is 1. The van der Waals surface area contributed by atoms with E-state index in [0.29, 0.717) is 33.6 Å². The number of methoxy groups -OCH3 is 1. The topological polar surface area (TPSA) is 66.9 Å². The number of carbonyl (C=O) groups is 1. The minimum Gasteiger partial charge on any atom is -0.496 e. The van der Waals surface area contributed by atoms with Crippen molar-refractivity contribution in [2.24, 2.45) is 0 Å². The Morgan fingerprint density at radius 1 is 1.19 bits per heavy atom. The molecule has 10 heteroatoms. The van der Waals surface area contributed by atoms with Crippen LogP contribution in [-0.4, -0.2) is 56.8 Å². The fourth-order valence-electron chi connectivity index (χ4n) is 2.71. The summed E-state index contributed by atoms with van der Waals surface area (Å²) in [6.45, 7) is 1.13. The normalized spacial score (nSPS) is 15.9. The minimum absolute atomic E-state index is 0.200. The van der Waals surface area contributed by atoms with Crippen LogP contribution in [0.5, 0.6) is 5.75 Å². The number of nitrogens with zero attached hydrogens (tertiary/aromatic N) is 2. The number of carbonyl (C=O) groups excluding carboxylic acids is 1. The van der Waals surface area contributed by atoms with Crippen molar-refractivity contribution in [3.8, 4) is 5.75 Å². The number of halogens is 2. The Bertz CT molecular complexity index is 924. The molecular weight excluding hydrogens is 464 g/mol. The first kappa shape index (κ1) is 19.6. The van der Waals surface area contributed by atoms with E-state index in [2.05, 4.69) is 15.9 Å². The van der Waals surface area contributed by atoms with Gasteiger partial charge in [0.1, 0.15) is 9.96 Å². The van der Waals surface area contributed by atoms with E-state index in [9.17, 15) is 13.2 Å². The molecule has 2 aromatic rings. The second kappa shape index (κ2) is 7.85. The number of hydrogen-bond acceptors (Lipinski definition) is 5. The Morgan fingerprint density at radius 3 is 2.46 bits per heavy atom. The molecule has 0 bridgehead atoms. The van der Waals surface area contributed by atoms with E-state index in [-0.39, 0.29) is 19.0 Å². The van der Waals surface area contributed by atoms with Crippen LogP contribution in [0.15, 0.2) is 38.3 Å². The quantitative estimate of drug-likeness (QED) is 0.675. The summed E-state index contributed by atoms with van der Waals surface area (Å²) in [5, 5.41) is 0.483. The zero-order chi connectivity index (χ0) is 18.9. The third-order valence-corrected chi connectivity index (χ3v) is 8.29. The molecule has 1 aromatic heterocycles. The molecule has 1 fully saturated rings. The predicted octanol–water partition coefficient (Wildman–Crippen LogP) is 3.32. The molecule has 0 radical (unpaired) electrons. The van der Waals surface area contributed by atoms with Crippen molar-refractivity contribution in [3.63, 3.8) is 0 Å². The first-order valence-corrected chi connectivity index (χ1v) is 11.1. The van der Waals surface area contributed by atoms with Gasteiger partial charge in [-0.05, 0) is 46.3 Å². The molecule has 6 nitrogen and oxygen atoms in total. The van der Waals surface area contributed by atoms with Crippen LogP contribution in [0.25, 0.3) is 0 Å². The van der Waals surface area contributed by atoms with Crippen molar-refractivity contribution in [1.82, 2.24) is 9.21 Å². The van der Waals surface area contributed by atoms with Crippen molar-refractivity contribution in [1.29, 1.82) is 0 Å². The second-order valence-corrected chi connectivity index (χ2v) is 10.7. The molecular formula is C16H16BrClN2O4S2. The Balaban J connectivity index is 1.71. The molecule has 3 rings (SSSR count). The SMILES string of the molecule is COc1cc(Cl)ccc1C(=O)N1CCN(S(=O)(=O)c2ccc(Br)s2)CC1. The van der Waals surface area contributed by atoms with Gasteiger partial charge in [0.25, 0.3) is 15.9 Å². The summed E-state index contributed by atoms with van der Waals surface area (Å²) in [7, 11) is -2.05. The van der Waals surface area contributed by atoms with Gasteiger partial charge in [0.05, 0.1) is 16.5 Å². The smallest absolute Gasteiger partial charge is 0.257 e. The third kappa shape index (κ3) is 3.91. The molecule has 1 saturated heterocycles. The van der Waals surface area contributed by atoms with Gasteiger partial charge in [0, 0.05) is 31.2 Å². The van der Waals surface area contributed by atoms with Crippen molar-refractivity contribution >= 4 is 54.8 Å². The number of rotatable bonds is 4. The molecule has 1 aliphatic heterocycles. The highest BCUT2D eigenvalue weighted by Crippen LogP contribution is 2.29. The summed E-state index contributed by atoms with van der Waals surface area (Å²) < 4.78 is 33.0. The van der Waals surface area contributed by atoms with Crippen molar-refractivity contribution < 1.29 is 17.9 Å². The molecule has 0 unspecified atom stereocenters. The number of hydrogen-bond donors (Lipinski definition) is 0. The minimum atomic E-state index is -3.53. The summed E-state index contributed by atoms with van der Waals surface area (Å²) >= 11 is 10.4. The van der Waals surface area contributed by atoms with E-state index < -0.39 is 10.0 Å². The summed E-state index contributed by atoms with van der Waals surface area (Å²) in [5.41, 5.74) is 0.412. The molecule has 0 saturated carbocycles. The van der Waals surface area contributed by atoms with Gasteiger partial charge in [-0.25, -0.2) is 8.42 Å². The van der Waals surface area contributed by atoms with Crippen LogP contribution in [-0.2, 0) is 10.0 Å². The molecule has 0 atom stereocenters. The maximum absolute atomic E-state index is 12.8. The van der Waals surface area contributed by atoms with Crippen LogP contribution < -0.4 is 4.74 Å². The molecule has 140 valence electrons. The molecule has 1 amide bonds. The summed E-state index contributed by atoms with van der Waals surface area (Å²) in [6, 6.07) is 8.14. The average Bonchev–Trinajstić information content (AvgIpc) is 3.08. The first-order chi connectivity index (χ1) is 12.3. The maximum Gasteiger partial charge on any atom is 0.257 e. The average molecular weight is 480 g/mol. The summed E-state index contributed by atoms with van der Waals surface area (Å²) in [6.07, 6.45) is 0. The number of thiophene rings is 1. The van der Waals surface area contributed by atoms with Crippen molar-refractivity contribution in [3.05, 3.63) is 44.7 Å². The zero-order valence-corrected chi connectivity index (χ0v) is 17.8. The monoisotopic (exact) mass is 478 g/mol. The lowest BCUT2D eigenvalue weighted by atomic mass is 10.1. The van der Waals surface area contributed by atoms with Gasteiger partial charge in [0.2, 0.25) is 0 Å². The van der Waals surface area contributed by atoms with Crippen LogP contribution in [0.4, 0.5) is 0 Å². The van der Waals surface area contributed by atoms with Crippen LogP contribution in [0.1, 0.15) is 10.4 Å². The lowest BCUT2D eigenvalue weighted by Crippen LogP contribution is -2.50. The van der Waals surface area contributed by atoms with E-state index >= 15 is 0 Å². The Labute approximate surface area is 169 Å². The van der Waals surface area contributed by atoms with Gasteiger partial charge >= 0.3 is 0 Å². The number of amides is 1. The van der Waals surface area contributed by atoms with Crippen molar-refractivity contribution in [2.75, 3.05) is 33.3 Å². The fourth-order valence-corrected chi connectivity index (χ4v) is 6.46. The van der Waals surface area contributed by atoms with Gasteiger partial charge < -0.3 is 9.64 Å². The van der Waals surface area contributed by atoms with Gasteiger partial charge in [0.15, 0.2) is 0 Å². The first-order valence-electron chi connectivity index (χ1n) is 7.71. The van der Waals surface area contributed by atoms with Gasteiger partial charge in [-0.3, -0.25) is 4.79 Å². The number of sulfonamides is 1. The van der Waals surface area contributed by atoms with E-state index in [4.69, 9.17) is 16.3 Å². The fraction of sp³-hybridized carbons (Fsp3) is 0.312. The van der Waals surface area contributed by atoms with Crippen LogP contribution in [0.2, 0.25) is 5.02 Å². The number of benzene rings is 1. The Hall–Kier alpha value is -1.13. The maximum atomic E-state index is 12.8. The summed E-state index contributed by atoms with van der Waals surface area (Å²) in [4.78, 5) is 14.4. The second-order valence-electron chi connectivity index (χ2n) is 5.60. The standard InChI is InChI=1S/C16H16BrClN2O4S2/c1-24-13-10-11(18)2-3-12(13)16(21)19-6-8-20(9-7-19)26(22,23)15-5-4-14(17)25-15/h2-5,10H,6-9H2,1H3. The molecule has 0 aliphatic carbocycles. The lowest BCUT2D eigenvalue weighted by molar-refractivity contribution is 0.0694. The molecule has 0 N–H and O–H groups in total. The summed E-state index contributed by atoms with van der Waals surface area (Å²) in [5.74, 6) is 0.204. The van der Waals surface area contributed by atoms with Gasteiger partial charge in [-0.2, -0.15) is 4.31 Å². The van der Waals surface area contributed by atoms with E-state index in [1.165, 1.54) is 22.8 Å². The van der Waals surface area contributed by atoms with Crippen LogP contribution in [0, 0.1) is 0 Å². The van der Waals surface area contributed by atoms with Crippen molar-refractivity contribution in [2.45, 2.75) is 4.21 Å². The molecule has 1 aromatic carbocycles. The molecule has 1 aliphatic rings. The van der Waals surface area contributed by atoms with Crippen LogP contribution >= 0.6 is 38.9 Å². The Kier molecular flexibility index (Phi) is 5.93. The van der Waals surface area contributed by atoms with E-state index in [0.717, 1.165) is 3.79 Å². The third-order valence-electron chi connectivity index (χ3n) is 4.06. The van der Waals surface area contributed by atoms with Gasteiger partial charge in [-0.15, -0.1) is 11.3 Å². The Morgan fingerprint density at radius 2 is 1.88 bits per heavy atom. The number of piperazine rings is 1.